The summed E-state index contributed by atoms with van der Waals surface area (Å²) >= 11 is 1.01. The molecule has 0 spiro atoms. The summed E-state index contributed by atoms with van der Waals surface area (Å²) in [4.78, 5) is 14.6. The van der Waals surface area contributed by atoms with Crippen LogP contribution in [-0.4, -0.2) is 42.1 Å². The van der Waals surface area contributed by atoms with Gasteiger partial charge >= 0.3 is 6.18 Å². The molecule has 4 rings (SSSR count). The lowest BCUT2D eigenvalue weighted by molar-refractivity contribution is -0.137. The van der Waals surface area contributed by atoms with E-state index in [1.165, 1.54) is 6.07 Å². The number of carbonyl (C=O) groups excluding carboxylic acids is 1. The summed E-state index contributed by atoms with van der Waals surface area (Å²) in [7, 11) is 1.55. The topological polar surface area (TPSA) is 80.5 Å². The molecule has 0 unspecified atom stereocenters. The van der Waals surface area contributed by atoms with E-state index in [1.54, 1.807) is 31.4 Å². The van der Waals surface area contributed by atoms with Crippen molar-refractivity contribution in [2.24, 2.45) is 0 Å². The summed E-state index contributed by atoms with van der Waals surface area (Å²) < 4.78 is 50.6. The zero-order chi connectivity index (χ0) is 24.1. The number of hydrogen-bond acceptors (Lipinski definition) is 7. The molecule has 3 aromatic rings. The first kappa shape index (κ1) is 23.9. The van der Waals surface area contributed by atoms with Crippen LogP contribution in [0.4, 0.5) is 24.5 Å². The fraction of sp³-hybridized carbons (Fsp3) is 0.348. The molecule has 34 heavy (non-hydrogen) atoms. The molecule has 0 bridgehead atoms. The highest BCUT2D eigenvalue weighted by Crippen LogP contribution is 2.36. The van der Waals surface area contributed by atoms with E-state index in [9.17, 15) is 18.0 Å². The number of alkyl halides is 3. The number of rotatable bonds is 7. The van der Waals surface area contributed by atoms with Gasteiger partial charge in [0.2, 0.25) is 11.8 Å². The second-order valence-corrected chi connectivity index (χ2v) is 8.65. The number of amides is 1. The van der Waals surface area contributed by atoms with Crippen molar-refractivity contribution in [3.63, 3.8) is 0 Å². The normalized spacial score (nSPS) is 14.2. The molecule has 1 saturated heterocycles. The van der Waals surface area contributed by atoms with Gasteiger partial charge in [-0.05, 0) is 55.7 Å². The summed E-state index contributed by atoms with van der Waals surface area (Å²) in [6.07, 6.45) is -1.51. The molecule has 11 heteroatoms. The standard InChI is InChI=1S/C23H23F3N4O3S/c1-32-17-7-5-6-15(12-17)21-28-29-22(33-21)34-14-20(31)27-18-13-16(23(24,25)26)8-9-19(18)30-10-3-2-4-11-30/h5-9,12-13H,2-4,10-11,14H2,1H3,(H,27,31). The molecule has 1 aliphatic heterocycles. The molecule has 1 aliphatic rings. The smallest absolute Gasteiger partial charge is 0.416 e. The highest BCUT2D eigenvalue weighted by atomic mass is 32.2. The van der Waals surface area contributed by atoms with Gasteiger partial charge in [0.1, 0.15) is 5.75 Å². The molecule has 0 aliphatic carbocycles. The molecule has 1 N–H and O–H groups in total. The van der Waals surface area contributed by atoms with Crippen molar-refractivity contribution in [2.45, 2.75) is 30.7 Å². The Bertz CT molecular complexity index is 1150. The van der Waals surface area contributed by atoms with Crippen LogP contribution in [0.3, 0.4) is 0 Å². The number of anilines is 2. The van der Waals surface area contributed by atoms with Gasteiger partial charge in [-0.1, -0.05) is 17.8 Å². The highest BCUT2D eigenvalue weighted by Gasteiger charge is 2.32. The van der Waals surface area contributed by atoms with Crippen LogP contribution in [0.15, 0.2) is 52.1 Å². The third-order valence-corrected chi connectivity index (χ3v) is 6.16. The van der Waals surface area contributed by atoms with E-state index in [0.29, 0.717) is 17.0 Å². The molecule has 0 atom stereocenters. The van der Waals surface area contributed by atoms with Gasteiger partial charge in [0.25, 0.3) is 5.22 Å². The number of ether oxygens (including phenoxy) is 1. The maximum absolute atomic E-state index is 13.3. The largest absolute Gasteiger partial charge is 0.497 e. The first-order valence-electron chi connectivity index (χ1n) is 10.7. The fourth-order valence-electron chi connectivity index (χ4n) is 3.68. The number of aromatic nitrogens is 2. The average molecular weight is 493 g/mol. The van der Waals surface area contributed by atoms with E-state index in [1.807, 2.05) is 4.90 Å². The third kappa shape index (κ3) is 5.82. The SMILES string of the molecule is COc1cccc(-c2nnc(SCC(=O)Nc3cc(C(F)(F)F)ccc3N3CCCCC3)o2)c1. The van der Waals surface area contributed by atoms with Crippen LogP contribution in [0.1, 0.15) is 24.8 Å². The zero-order valence-electron chi connectivity index (χ0n) is 18.4. The van der Waals surface area contributed by atoms with Crippen LogP contribution < -0.4 is 15.0 Å². The second-order valence-electron chi connectivity index (χ2n) is 7.72. The van der Waals surface area contributed by atoms with E-state index < -0.39 is 17.6 Å². The van der Waals surface area contributed by atoms with E-state index in [2.05, 4.69) is 15.5 Å². The molecule has 0 radical (unpaired) electrons. The van der Waals surface area contributed by atoms with Crippen LogP contribution in [0.5, 0.6) is 5.75 Å². The molecular formula is C23H23F3N4O3S. The second kappa shape index (κ2) is 10.4. The predicted octanol–water partition coefficient (Wildman–Crippen LogP) is 5.49. The Balaban J connectivity index is 1.44. The molecular weight excluding hydrogens is 469 g/mol. The molecule has 180 valence electrons. The Labute approximate surface area is 198 Å². The Morgan fingerprint density at radius 2 is 1.94 bits per heavy atom. The van der Waals surface area contributed by atoms with Gasteiger partial charge in [-0.15, -0.1) is 10.2 Å². The number of piperidine rings is 1. The number of hydrogen-bond donors (Lipinski definition) is 1. The van der Waals surface area contributed by atoms with Crippen molar-refractivity contribution in [3.8, 4) is 17.2 Å². The molecule has 2 aromatic carbocycles. The first-order valence-corrected chi connectivity index (χ1v) is 11.7. The number of benzene rings is 2. The Morgan fingerprint density at radius 3 is 2.68 bits per heavy atom. The maximum Gasteiger partial charge on any atom is 0.416 e. The minimum atomic E-state index is -4.51. The van der Waals surface area contributed by atoms with Crippen LogP contribution in [0.2, 0.25) is 0 Å². The van der Waals surface area contributed by atoms with Gasteiger partial charge in [-0.3, -0.25) is 4.79 Å². The third-order valence-electron chi connectivity index (χ3n) is 5.34. The Hall–Kier alpha value is -3.21. The van der Waals surface area contributed by atoms with Crippen LogP contribution in [-0.2, 0) is 11.0 Å². The van der Waals surface area contributed by atoms with Gasteiger partial charge in [-0.25, -0.2) is 0 Å². The van der Waals surface area contributed by atoms with Crippen LogP contribution in [0.25, 0.3) is 11.5 Å². The minimum Gasteiger partial charge on any atom is -0.497 e. The molecule has 2 heterocycles. The fourth-order valence-corrected chi connectivity index (χ4v) is 4.24. The van der Waals surface area contributed by atoms with Crippen molar-refractivity contribution >= 4 is 29.0 Å². The summed E-state index contributed by atoms with van der Waals surface area (Å²) in [6, 6.07) is 10.6. The van der Waals surface area contributed by atoms with Crippen molar-refractivity contribution in [1.29, 1.82) is 0 Å². The van der Waals surface area contributed by atoms with Crippen molar-refractivity contribution in [1.82, 2.24) is 10.2 Å². The molecule has 0 saturated carbocycles. The lowest BCUT2D eigenvalue weighted by Gasteiger charge is -2.31. The molecule has 1 fully saturated rings. The van der Waals surface area contributed by atoms with Gasteiger partial charge in [0.15, 0.2) is 0 Å². The molecule has 1 aromatic heterocycles. The van der Waals surface area contributed by atoms with Gasteiger partial charge in [0.05, 0.1) is 29.8 Å². The number of halogens is 3. The van der Waals surface area contributed by atoms with E-state index in [-0.39, 0.29) is 22.6 Å². The summed E-state index contributed by atoms with van der Waals surface area (Å²) in [6.45, 7) is 1.47. The number of methoxy groups -OCH3 is 1. The van der Waals surface area contributed by atoms with E-state index >= 15 is 0 Å². The van der Waals surface area contributed by atoms with E-state index in [4.69, 9.17) is 9.15 Å². The molecule has 1 amide bonds. The maximum atomic E-state index is 13.3. The lowest BCUT2D eigenvalue weighted by atomic mass is 10.1. The predicted molar refractivity (Wildman–Crippen MR) is 123 cm³/mol. The van der Waals surface area contributed by atoms with Gasteiger partial charge < -0.3 is 19.4 Å². The first-order chi connectivity index (χ1) is 16.3. The lowest BCUT2D eigenvalue weighted by Crippen LogP contribution is -2.30. The number of thioether (sulfide) groups is 1. The molecule has 7 nitrogen and oxygen atoms in total. The van der Waals surface area contributed by atoms with Crippen LogP contribution >= 0.6 is 11.8 Å². The van der Waals surface area contributed by atoms with Gasteiger partial charge in [0, 0.05) is 18.7 Å². The monoisotopic (exact) mass is 492 g/mol. The number of nitrogens with one attached hydrogen (secondary N) is 1. The summed E-state index contributed by atoms with van der Waals surface area (Å²) in [5, 5.41) is 10.7. The quantitative estimate of drug-likeness (QED) is 0.437. The Kier molecular flexibility index (Phi) is 7.30. The van der Waals surface area contributed by atoms with Gasteiger partial charge in [-0.2, -0.15) is 13.2 Å². The van der Waals surface area contributed by atoms with Crippen LogP contribution in [0, 0.1) is 0 Å². The highest BCUT2D eigenvalue weighted by molar-refractivity contribution is 7.99. The minimum absolute atomic E-state index is 0.102. The zero-order valence-corrected chi connectivity index (χ0v) is 19.2. The Morgan fingerprint density at radius 1 is 1.15 bits per heavy atom. The number of nitrogens with zero attached hydrogens (tertiary/aromatic N) is 3. The van der Waals surface area contributed by atoms with Crippen molar-refractivity contribution in [3.05, 3.63) is 48.0 Å². The van der Waals surface area contributed by atoms with Crippen molar-refractivity contribution in [2.75, 3.05) is 36.2 Å². The van der Waals surface area contributed by atoms with Crippen molar-refractivity contribution < 1.29 is 27.1 Å². The summed E-state index contributed by atoms with van der Waals surface area (Å²) in [5.74, 6) is 0.334. The van der Waals surface area contributed by atoms with E-state index in [0.717, 1.165) is 56.2 Å². The number of carbonyl (C=O) groups is 1. The average Bonchev–Trinajstić information content (AvgIpc) is 3.32. The summed E-state index contributed by atoms with van der Waals surface area (Å²) in [5.41, 5.74) is 0.586.